The predicted molar refractivity (Wildman–Crippen MR) is 68.5 cm³/mol. The van der Waals surface area contributed by atoms with E-state index in [4.69, 9.17) is 0 Å². The number of hydrogen-bond acceptors (Lipinski definition) is 2. The van der Waals surface area contributed by atoms with Gasteiger partial charge in [0.05, 0.1) is 0 Å². The van der Waals surface area contributed by atoms with E-state index >= 15 is 0 Å². The summed E-state index contributed by atoms with van der Waals surface area (Å²) in [6.07, 6.45) is 3.94. The lowest BCUT2D eigenvalue weighted by atomic mass is 10.2. The van der Waals surface area contributed by atoms with E-state index in [0.29, 0.717) is 6.54 Å². The minimum absolute atomic E-state index is 0.00769. The summed E-state index contributed by atoms with van der Waals surface area (Å²) in [4.78, 5) is 12.7. The van der Waals surface area contributed by atoms with Gasteiger partial charge in [-0.2, -0.15) is 0 Å². The zero-order valence-corrected chi connectivity index (χ0v) is 10.0. The normalized spacial score (nSPS) is 10.4. The highest BCUT2D eigenvalue weighted by Gasteiger charge is 1.94. The van der Waals surface area contributed by atoms with Gasteiger partial charge in [-0.05, 0) is 17.7 Å². The van der Waals surface area contributed by atoms with Crippen LogP contribution < -0.4 is 10.2 Å². The average Bonchev–Trinajstić information content (AvgIpc) is 2.24. The first-order valence-corrected chi connectivity index (χ1v) is 5.28. The van der Waals surface area contributed by atoms with Gasteiger partial charge in [0, 0.05) is 33.3 Å². The Morgan fingerprint density at radius 3 is 2.81 bits per heavy atom. The number of nitrogens with one attached hydrogen (secondary N) is 1. The quantitative estimate of drug-likeness (QED) is 0.837. The van der Waals surface area contributed by atoms with E-state index in [2.05, 4.69) is 22.3 Å². The molecule has 0 aliphatic carbocycles. The molecule has 0 aromatic heterocycles. The van der Waals surface area contributed by atoms with Gasteiger partial charge in [0.15, 0.2) is 0 Å². The third kappa shape index (κ3) is 4.17. The first-order valence-electron chi connectivity index (χ1n) is 5.28. The number of nitrogens with zero attached hydrogens (tertiary/aromatic N) is 1. The molecule has 16 heavy (non-hydrogen) atoms. The molecule has 1 rings (SSSR count). The zero-order chi connectivity index (χ0) is 12.0. The largest absolute Gasteiger partial charge is 0.378 e. The fourth-order valence-electron chi connectivity index (χ4n) is 1.30. The van der Waals surface area contributed by atoms with Crippen LogP contribution in [0.2, 0.25) is 0 Å². The molecule has 1 amide bonds. The summed E-state index contributed by atoms with van der Waals surface area (Å²) in [5, 5.41) is 2.72. The van der Waals surface area contributed by atoms with E-state index in [1.54, 1.807) is 0 Å². The van der Waals surface area contributed by atoms with E-state index in [1.807, 2.05) is 38.4 Å². The number of rotatable bonds is 4. The van der Waals surface area contributed by atoms with E-state index in [1.165, 1.54) is 12.6 Å². The number of anilines is 1. The number of hydrogen-bond donors (Lipinski definition) is 1. The number of amides is 1. The Hall–Kier alpha value is -1.77. The highest BCUT2D eigenvalue weighted by atomic mass is 16.1. The van der Waals surface area contributed by atoms with Crippen LogP contribution in [0.15, 0.2) is 30.3 Å². The maximum Gasteiger partial charge on any atom is 0.217 e. The van der Waals surface area contributed by atoms with Crippen LogP contribution in [0.25, 0.3) is 6.08 Å². The number of carbonyl (C=O) groups excluding carboxylic acids is 1. The maximum atomic E-state index is 10.6. The van der Waals surface area contributed by atoms with Crippen LogP contribution >= 0.6 is 0 Å². The second-order valence-electron chi connectivity index (χ2n) is 3.83. The van der Waals surface area contributed by atoms with Gasteiger partial charge in [-0.15, -0.1) is 0 Å². The van der Waals surface area contributed by atoms with Gasteiger partial charge >= 0.3 is 0 Å². The van der Waals surface area contributed by atoms with Crippen LogP contribution in [0.4, 0.5) is 5.69 Å². The fourth-order valence-corrected chi connectivity index (χ4v) is 1.30. The molecule has 0 atom stereocenters. The molecular weight excluding hydrogens is 200 g/mol. The third-order valence-electron chi connectivity index (χ3n) is 2.17. The Balaban J connectivity index is 2.59. The van der Waals surface area contributed by atoms with Crippen molar-refractivity contribution in [3.8, 4) is 0 Å². The van der Waals surface area contributed by atoms with E-state index < -0.39 is 0 Å². The molecule has 1 aromatic rings. The maximum absolute atomic E-state index is 10.6. The van der Waals surface area contributed by atoms with Crippen LogP contribution in [-0.2, 0) is 4.79 Å². The van der Waals surface area contributed by atoms with E-state index in [-0.39, 0.29) is 5.91 Å². The van der Waals surface area contributed by atoms with Crippen molar-refractivity contribution in [2.75, 3.05) is 25.5 Å². The lowest BCUT2D eigenvalue weighted by molar-refractivity contribution is -0.118. The Bertz CT molecular complexity index is 383. The molecule has 0 fully saturated rings. The van der Waals surface area contributed by atoms with Crippen LogP contribution in [-0.4, -0.2) is 26.5 Å². The molecule has 0 aliphatic heterocycles. The van der Waals surface area contributed by atoms with Crippen molar-refractivity contribution in [1.82, 2.24) is 5.32 Å². The van der Waals surface area contributed by atoms with Gasteiger partial charge in [0.25, 0.3) is 0 Å². The molecule has 0 heterocycles. The molecule has 0 unspecified atom stereocenters. The molecule has 0 saturated heterocycles. The first kappa shape index (κ1) is 12.3. The van der Waals surface area contributed by atoms with Crippen molar-refractivity contribution in [3.63, 3.8) is 0 Å². The molecule has 0 spiro atoms. The van der Waals surface area contributed by atoms with Gasteiger partial charge < -0.3 is 10.2 Å². The highest BCUT2D eigenvalue weighted by molar-refractivity contribution is 5.73. The SMILES string of the molecule is CC(=O)NCC=Cc1cccc(N(C)C)c1. The molecule has 0 aliphatic rings. The fraction of sp³-hybridized carbons (Fsp3) is 0.308. The summed E-state index contributed by atoms with van der Waals surface area (Å²) in [6, 6.07) is 8.22. The molecule has 3 nitrogen and oxygen atoms in total. The van der Waals surface area contributed by atoms with Gasteiger partial charge in [-0.1, -0.05) is 24.3 Å². The van der Waals surface area contributed by atoms with Gasteiger partial charge in [-0.3, -0.25) is 4.79 Å². The minimum atomic E-state index is -0.00769. The lowest BCUT2D eigenvalue weighted by Gasteiger charge is -2.12. The first-order chi connectivity index (χ1) is 7.59. The van der Waals surface area contributed by atoms with E-state index in [0.717, 1.165) is 5.56 Å². The molecule has 0 saturated carbocycles. The molecule has 0 radical (unpaired) electrons. The summed E-state index contributed by atoms with van der Waals surface area (Å²) in [6.45, 7) is 2.09. The predicted octanol–water partition coefficient (Wildman–Crippen LogP) is 1.90. The second-order valence-corrected chi connectivity index (χ2v) is 3.83. The number of carbonyl (C=O) groups is 1. The van der Waals surface area contributed by atoms with Crippen LogP contribution in [0.3, 0.4) is 0 Å². The minimum Gasteiger partial charge on any atom is -0.378 e. The Morgan fingerprint density at radius 1 is 1.44 bits per heavy atom. The smallest absolute Gasteiger partial charge is 0.217 e. The second kappa shape index (κ2) is 5.95. The number of benzene rings is 1. The Kier molecular flexibility index (Phi) is 4.58. The third-order valence-corrected chi connectivity index (χ3v) is 2.17. The van der Waals surface area contributed by atoms with Crippen LogP contribution in [0, 0.1) is 0 Å². The van der Waals surface area contributed by atoms with Crippen LogP contribution in [0.1, 0.15) is 12.5 Å². The van der Waals surface area contributed by atoms with E-state index in [9.17, 15) is 4.79 Å². The monoisotopic (exact) mass is 218 g/mol. The summed E-state index contributed by atoms with van der Waals surface area (Å²) in [5.74, 6) is -0.00769. The van der Waals surface area contributed by atoms with Gasteiger partial charge in [0.2, 0.25) is 5.91 Å². The van der Waals surface area contributed by atoms with Crippen molar-refractivity contribution in [1.29, 1.82) is 0 Å². The average molecular weight is 218 g/mol. The van der Waals surface area contributed by atoms with Gasteiger partial charge in [0.1, 0.15) is 0 Å². The summed E-state index contributed by atoms with van der Waals surface area (Å²) in [5.41, 5.74) is 2.30. The van der Waals surface area contributed by atoms with Crippen molar-refractivity contribution >= 4 is 17.7 Å². The Labute approximate surface area is 96.8 Å². The van der Waals surface area contributed by atoms with Crippen molar-refractivity contribution < 1.29 is 4.79 Å². The summed E-state index contributed by atoms with van der Waals surface area (Å²) < 4.78 is 0. The topological polar surface area (TPSA) is 32.3 Å². The van der Waals surface area contributed by atoms with Crippen LogP contribution in [0.5, 0.6) is 0 Å². The molecule has 3 heteroatoms. The highest BCUT2D eigenvalue weighted by Crippen LogP contribution is 2.14. The molecule has 0 bridgehead atoms. The zero-order valence-electron chi connectivity index (χ0n) is 10.0. The molecule has 86 valence electrons. The van der Waals surface area contributed by atoms with Crippen molar-refractivity contribution in [2.24, 2.45) is 0 Å². The molecular formula is C13H18N2O. The summed E-state index contributed by atoms with van der Waals surface area (Å²) in [7, 11) is 4.03. The standard InChI is InChI=1S/C13H18N2O/c1-11(16)14-9-5-7-12-6-4-8-13(10-12)15(2)3/h4-8,10H,9H2,1-3H3,(H,14,16). The Morgan fingerprint density at radius 2 is 2.19 bits per heavy atom. The summed E-state index contributed by atoms with van der Waals surface area (Å²) >= 11 is 0. The lowest BCUT2D eigenvalue weighted by Crippen LogP contribution is -2.19. The van der Waals surface area contributed by atoms with Gasteiger partial charge in [-0.25, -0.2) is 0 Å². The van der Waals surface area contributed by atoms with Crippen molar-refractivity contribution in [3.05, 3.63) is 35.9 Å². The molecule has 1 aromatic carbocycles. The van der Waals surface area contributed by atoms with Crippen molar-refractivity contribution in [2.45, 2.75) is 6.92 Å². The molecule has 1 N–H and O–H groups in total.